The van der Waals surface area contributed by atoms with Crippen molar-refractivity contribution >= 4 is 11.9 Å². The Hall–Kier alpha value is -2.75. The first kappa shape index (κ1) is 15.2. The monoisotopic (exact) mass is 310 g/mol. The number of hydrogen-bond donors (Lipinski definition) is 1. The predicted octanol–water partition coefficient (Wildman–Crippen LogP) is 3.76. The van der Waals surface area contributed by atoms with Gasteiger partial charge in [0.05, 0.1) is 18.8 Å². The lowest BCUT2D eigenvalue weighted by molar-refractivity contribution is 0.104. The van der Waals surface area contributed by atoms with Crippen molar-refractivity contribution in [1.29, 1.82) is 0 Å². The molecule has 0 saturated carbocycles. The minimum absolute atomic E-state index is 0.0103. The third-order valence-corrected chi connectivity index (χ3v) is 3.62. The van der Waals surface area contributed by atoms with Crippen LogP contribution in [-0.4, -0.2) is 24.1 Å². The quantitative estimate of drug-likeness (QED) is 0.693. The fourth-order valence-corrected chi connectivity index (χ4v) is 2.39. The van der Waals surface area contributed by atoms with E-state index >= 15 is 0 Å². The first-order valence-corrected chi connectivity index (χ1v) is 7.55. The zero-order chi connectivity index (χ0) is 16.2. The van der Waals surface area contributed by atoms with Gasteiger partial charge in [-0.1, -0.05) is 23.8 Å². The van der Waals surface area contributed by atoms with Crippen molar-refractivity contribution < 1.29 is 19.4 Å². The molecule has 2 aromatic carbocycles. The molecule has 1 aliphatic heterocycles. The second-order valence-corrected chi connectivity index (χ2v) is 5.47. The van der Waals surface area contributed by atoms with Crippen LogP contribution in [0.3, 0.4) is 0 Å². The molecule has 1 aliphatic rings. The van der Waals surface area contributed by atoms with Crippen LogP contribution in [0.25, 0.3) is 6.08 Å². The average Bonchev–Trinajstić information content (AvgIpc) is 2.79. The number of fused-ring (bicyclic) bond motifs is 1. The van der Waals surface area contributed by atoms with E-state index in [9.17, 15) is 9.90 Å². The summed E-state index contributed by atoms with van der Waals surface area (Å²) >= 11 is 0. The molecule has 0 saturated heterocycles. The maximum absolute atomic E-state index is 12.2. The zero-order valence-electron chi connectivity index (χ0n) is 12.9. The van der Waals surface area contributed by atoms with E-state index in [2.05, 4.69) is 0 Å². The molecular weight excluding hydrogens is 292 g/mol. The number of rotatable bonds is 3. The molecule has 0 atom stereocenters. The molecule has 1 heterocycles. The Balaban J connectivity index is 1.81. The van der Waals surface area contributed by atoms with E-state index in [1.807, 2.05) is 25.1 Å². The minimum Gasteiger partial charge on any atom is -0.507 e. The van der Waals surface area contributed by atoms with Gasteiger partial charge < -0.3 is 14.6 Å². The molecular formula is C19H18O4. The number of phenols is 1. The SMILES string of the molecule is Cc1ccc(O)c(C(=O)/C=C/c2ccc3c(c2)OCCCO3)c1. The van der Waals surface area contributed by atoms with Crippen LogP contribution >= 0.6 is 0 Å². The van der Waals surface area contributed by atoms with Gasteiger partial charge in [-0.3, -0.25) is 4.79 Å². The van der Waals surface area contributed by atoms with Crippen LogP contribution in [0.4, 0.5) is 0 Å². The summed E-state index contributed by atoms with van der Waals surface area (Å²) < 4.78 is 11.2. The van der Waals surface area contributed by atoms with Gasteiger partial charge in [0.1, 0.15) is 5.75 Å². The Morgan fingerprint density at radius 2 is 1.87 bits per heavy atom. The van der Waals surface area contributed by atoms with Gasteiger partial charge in [0.15, 0.2) is 17.3 Å². The second kappa shape index (κ2) is 6.57. The van der Waals surface area contributed by atoms with Gasteiger partial charge in [-0.15, -0.1) is 0 Å². The van der Waals surface area contributed by atoms with Crippen LogP contribution in [0.2, 0.25) is 0 Å². The van der Waals surface area contributed by atoms with E-state index in [4.69, 9.17) is 9.47 Å². The molecule has 3 rings (SSSR count). The van der Waals surface area contributed by atoms with Gasteiger partial charge >= 0.3 is 0 Å². The standard InChI is InChI=1S/C19H18O4/c1-13-3-6-16(20)15(11-13)17(21)7-4-14-5-8-18-19(12-14)23-10-2-9-22-18/h3-8,11-12,20H,2,9-10H2,1H3/b7-4+. The zero-order valence-corrected chi connectivity index (χ0v) is 12.9. The molecule has 0 amide bonds. The van der Waals surface area contributed by atoms with E-state index < -0.39 is 0 Å². The number of ether oxygens (including phenoxy) is 2. The van der Waals surface area contributed by atoms with E-state index in [0.717, 1.165) is 23.3 Å². The normalized spacial score (nSPS) is 13.8. The summed E-state index contributed by atoms with van der Waals surface area (Å²) in [6.45, 7) is 3.15. The lowest BCUT2D eigenvalue weighted by Crippen LogP contribution is -1.97. The van der Waals surface area contributed by atoms with Gasteiger partial charge in [0, 0.05) is 6.42 Å². The van der Waals surface area contributed by atoms with E-state index in [-0.39, 0.29) is 11.5 Å². The summed E-state index contributed by atoms with van der Waals surface area (Å²) in [6.07, 6.45) is 4.01. The van der Waals surface area contributed by atoms with Crippen LogP contribution in [0.15, 0.2) is 42.5 Å². The summed E-state index contributed by atoms with van der Waals surface area (Å²) in [6, 6.07) is 10.5. The molecule has 4 heteroatoms. The lowest BCUT2D eigenvalue weighted by Gasteiger charge is -2.07. The molecule has 0 aromatic heterocycles. The maximum atomic E-state index is 12.2. The Kier molecular flexibility index (Phi) is 4.33. The summed E-state index contributed by atoms with van der Waals surface area (Å²) in [5.41, 5.74) is 2.07. The fourth-order valence-electron chi connectivity index (χ4n) is 2.39. The van der Waals surface area contributed by atoms with Crippen molar-refractivity contribution in [2.24, 2.45) is 0 Å². The molecule has 23 heavy (non-hydrogen) atoms. The van der Waals surface area contributed by atoms with Crippen LogP contribution in [0.1, 0.15) is 27.9 Å². The van der Waals surface area contributed by atoms with Crippen LogP contribution in [0, 0.1) is 6.92 Å². The number of phenolic OH excluding ortho intramolecular Hbond substituents is 1. The number of hydrogen-bond acceptors (Lipinski definition) is 4. The highest BCUT2D eigenvalue weighted by Gasteiger charge is 2.11. The van der Waals surface area contributed by atoms with Crippen molar-refractivity contribution in [3.05, 3.63) is 59.2 Å². The highest BCUT2D eigenvalue weighted by atomic mass is 16.5. The Bertz CT molecular complexity index is 762. The molecule has 0 radical (unpaired) electrons. The molecule has 0 bridgehead atoms. The average molecular weight is 310 g/mol. The summed E-state index contributed by atoms with van der Waals surface area (Å²) in [7, 11) is 0. The van der Waals surface area contributed by atoms with Gasteiger partial charge in [0.2, 0.25) is 0 Å². The highest BCUT2D eigenvalue weighted by molar-refractivity contribution is 6.08. The number of ketones is 1. The minimum atomic E-state index is -0.238. The molecule has 0 aliphatic carbocycles. The maximum Gasteiger partial charge on any atom is 0.189 e. The molecule has 0 spiro atoms. The van der Waals surface area contributed by atoms with E-state index in [1.165, 1.54) is 12.1 Å². The number of aryl methyl sites for hydroxylation is 1. The number of benzene rings is 2. The summed E-state index contributed by atoms with van der Waals surface area (Å²) in [4.78, 5) is 12.2. The van der Waals surface area contributed by atoms with Gasteiger partial charge in [-0.05, 0) is 42.8 Å². The number of aromatic hydroxyl groups is 1. The largest absolute Gasteiger partial charge is 0.507 e. The first-order valence-electron chi connectivity index (χ1n) is 7.55. The molecule has 4 nitrogen and oxygen atoms in total. The van der Waals surface area contributed by atoms with Crippen molar-refractivity contribution in [1.82, 2.24) is 0 Å². The topological polar surface area (TPSA) is 55.8 Å². The first-order chi connectivity index (χ1) is 11.1. The number of allylic oxidation sites excluding steroid dienone is 1. The summed E-state index contributed by atoms with van der Waals surface area (Å²) in [5.74, 6) is 1.17. The molecule has 2 aromatic rings. The fraction of sp³-hybridized carbons (Fsp3) is 0.211. The van der Waals surface area contributed by atoms with Crippen molar-refractivity contribution in [3.63, 3.8) is 0 Å². The Labute approximate surface area is 135 Å². The summed E-state index contributed by atoms with van der Waals surface area (Å²) in [5, 5.41) is 9.80. The van der Waals surface area contributed by atoms with E-state index in [1.54, 1.807) is 18.2 Å². The molecule has 118 valence electrons. The van der Waals surface area contributed by atoms with Crippen molar-refractivity contribution in [2.45, 2.75) is 13.3 Å². The van der Waals surface area contributed by atoms with Crippen molar-refractivity contribution in [2.75, 3.05) is 13.2 Å². The van der Waals surface area contributed by atoms with Gasteiger partial charge in [-0.2, -0.15) is 0 Å². The molecule has 0 unspecified atom stereocenters. The van der Waals surface area contributed by atoms with Crippen molar-refractivity contribution in [3.8, 4) is 17.2 Å². The second-order valence-electron chi connectivity index (χ2n) is 5.47. The third-order valence-electron chi connectivity index (χ3n) is 3.62. The smallest absolute Gasteiger partial charge is 0.189 e. The molecule has 0 fully saturated rings. The predicted molar refractivity (Wildman–Crippen MR) is 88.3 cm³/mol. The number of carbonyl (C=O) groups is 1. The lowest BCUT2D eigenvalue weighted by atomic mass is 10.1. The van der Waals surface area contributed by atoms with Gasteiger partial charge in [-0.25, -0.2) is 0 Å². The van der Waals surface area contributed by atoms with Crippen LogP contribution in [0.5, 0.6) is 17.2 Å². The van der Waals surface area contributed by atoms with Crippen LogP contribution in [-0.2, 0) is 0 Å². The highest BCUT2D eigenvalue weighted by Crippen LogP contribution is 2.31. The number of carbonyl (C=O) groups excluding carboxylic acids is 1. The van der Waals surface area contributed by atoms with E-state index in [0.29, 0.717) is 24.5 Å². The van der Waals surface area contributed by atoms with Gasteiger partial charge in [0.25, 0.3) is 0 Å². The Morgan fingerprint density at radius 3 is 2.70 bits per heavy atom. The van der Waals surface area contributed by atoms with Crippen LogP contribution < -0.4 is 9.47 Å². The Morgan fingerprint density at radius 1 is 1.09 bits per heavy atom. The molecule has 1 N–H and O–H groups in total. The third kappa shape index (κ3) is 3.54.